The molecular formula is C27H21N5O4S. The third-order valence-electron chi connectivity index (χ3n) is 5.78. The van der Waals surface area contributed by atoms with Crippen molar-refractivity contribution < 1.29 is 19.1 Å². The molecule has 2 heterocycles. The van der Waals surface area contributed by atoms with Crippen LogP contribution in [0.3, 0.4) is 0 Å². The zero-order chi connectivity index (χ0) is 26.7. The number of carbonyl (C=O) groups is 3. The summed E-state index contributed by atoms with van der Waals surface area (Å²) in [5.74, 6) is -1.15. The van der Waals surface area contributed by atoms with E-state index in [1.54, 1.807) is 0 Å². The molecule has 0 radical (unpaired) electrons. The molecule has 184 valence electrons. The summed E-state index contributed by atoms with van der Waals surface area (Å²) in [4.78, 5) is 42.4. The van der Waals surface area contributed by atoms with Crippen molar-refractivity contribution in [1.82, 2.24) is 4.98 Å². The number of hydrogen-bond acceptors (Lipinski definition) is 9. The molecule has 2 amide bonds. The highest BCUT2D eigenvalue weighted by Gasteiger charge is 2.41. The highest BCUT2D eigenvalue weighted by Crippen LogP contribution is 2.40. The molecule has 4 rings (SSSR count). The number of nitrogens with zero attached hydrogens (tertiary/aromatic N) is 4. The van der Waals surface area contributed by atoms with E-state index in [0.717, 1.165) is 28.6 Å². The van der Waals surface area contributed by atoms with Crippen molar-refractivity contribution in [2.24, 2.45) is 0 Å². The molecule has 0 spiro atoms. The fourth-order valence-corrected chi connectivity index (χ4v) is 5.13. The molecule has 1 aliphatic rings. The van der Waals surface area contributed by atoms with Crippen molar-refractivity contribution in [2.45, 2.75) is 37.0 Å². The van der Waals surface area contributed by atoms with E-state index in [2.05, 4.69) is 11.1 Å². The smallest absolute Gasteiger partial charge is 0.308 e. The number of nitriles is 2. The van der Waals surface area contributed by atoms with Crippen molar-refractivity contribution in [3.8, 4) is 29.0 Å². The molecule has 1 saturated heterocycles. The number of thioether (sulfide) groups is 1. The third-order valence-corrected chi connectivity index (χ3v) is 6.95. The second-order valence-corrected chi connectivity index (χ2v) is 9.36. The molecule has 0 bridgehead atoms. The molecule has 0 saturated carbocycles. The number of aromatic nitrogens is 1. The second kappa shape index (κ2) is 10.5. The minimum Gasteiger partial charge on any atom is -0.427 e. The number of hydrogen-bond donors (Lipinski definition) is 1. The number of anilines is 2. The van der Waals surface area contributed by atoms with E-state index in [-0.39, 0.29) is 34.1 Å². The van der Waals surface area contributed by atoms with E-state index in [9.17, 15) is 24.9 Å². The number of benzene rings is 2. The molecule has 10 heteroatoms. The van der Waals surface area contributed by atoms with Crippen LogP contribution in [0.1, 0.15) is 37.0 Å². The topological polar surface area (TPSA) is 150 Å². The van der Waals surface area contributed by atoms with Gasteiger partial charge in [-0.1, -0.05) is 43.0 Å². The molecule has 1 unspecified atom stereocenters. The van der Waals surface area contributed by atoms with Crippen LogP contribution in [0.25, 0.3) is 11.1 Å². The molecule has 2 aromatic carbocycles. The first-order chi connectivity index (χ1) is 17.8. The van der Waals surface area contributed by atoms with Crippen LogP contribution in [-0.2, 0) is 20.8 Å². The Morgan fingerprint density at radius 1 is 1.11 bits per heavy atom. The van der Waals surface area contributed by atoms with Gasteiger partial charge in [0.05, 0.1) is 16.5 Å². The normalized spacial score (nSPS) is 14.8. The Bertz CT molecular complexity index is 1490. The standard InChI is InChI=1S/C27H21N5O4S/c1-3-16-4-6-17(7-5-16)24-20(13-28)25(30)31-26(21(24)14-29)37-22-12-23(34)32(27(22)35)18-8-10-19(11-9-18)36-15(2)33/h4-11,22H,3,12H2,1-2H3,(H2,30,31). The summed E-state index contributed by atoms with van der Waals surface area (Å²) in [6.07, 6.45) is 0.721. The number of aryl methyl sites for hydroxylation is 1. The van der Waals surface area contributed by atoms with Gasteiger partial charge < -0.3 is 10.5 Å². The monoisotopic (exact) mass is 511 g/mol. The van der Waals surface area contributed by atoms with Gasteiger partial charge in [0.25, 0.3) is 0 Å². The molecule has 37 heavy (non-hydrogen) atoms. The maximum atomic E-state index is 13.2. The first kappa shape index (κ1) is 25.4. The lowest BCUT2D eigenvalue weighted by Gasteiger charge is -2.16. The number of imide groups is 1. The van der Waals surface area contributed by atoms with Gasteiger partial charge in [-0.3, -0.25) is 14.4 Å². The Labute approximate surface area is 217 Å². The summed E-state index contributed by atoms with van der Waals surface area (Å²) in [6, 6.07) is 17.6. The maximum absolute atomic E-state index is 13.2. The van der Waals surface area contributed by atoms with E-state index < -0.39 is 23.0 Å². The predicted octanol–water partition coefficient (Wildman–Crippen LogP) is 3.99. The maximum Gasteiger partial charge on any atom is 0.308 e. The number of carbonyl (C=O) groups excluding carboxylic acids is 3. The molecule has 1 aromatic heterocycles. The summed E-state index contributed by atoms with van der Waals surface area (Å²) in [6.45, 7) is 3.29. The number of amides is 2. The number of nitrogen functional groups attached to an aromatic ring is 1. The van der Waals surface area contributed by atoms with E-state index in [0.29, 0.717) is 16.8 Å². The zero-order valence-electron chi connectivity index (χ0n) is 20.0. The van der Waals surface area contributed by atoms with Crippen molar-refractivity contribution in [3.63, 3.8) is 0 Å². The predicted molar refractivity (Wildman–Crippen MR) is 137 cm³/mol. The summed E-state index contributed by atoms with van der Waals surface area (Å²) < 4.78 is 5.00. The molecular weight excluding hydrogens is 490 g/mol. The number of esters is 1. The van der Waals surface area contributed by atoms with E-state index in [1.807, 2.05) is 37.3 Å². The Kier molecular flexibility index (Phi) is 7.23. The molecule has 1 aliphatic heterocycles. The number of rotatable bonds is 6. The van der Waals surface area contributed by atoms with Crippen LogP contribution in [0.5, 0.6) is 5.75 Å². The largest absolute Gasteiger partial charge is 0.427 e. The third kappa shape index (κ3) is 5.01. The fourth-order valence-electron chi connectivity index (χ4n) is 4.01. The Morgan fingerprint density at radius 3 is 2.32 bits per heavy atom. The SMILES string of the molecule is CCc1ccc(-c2c(C#N)c(N)nc(SC3CC(=O)N(c4ccc(OC(C)=O)cc4)C3=O)c2C#N)cc1. The number of ether oxygens (including phenoxy) is 1. The van der Waals surface area contributed by atoms with Gasteiger partial charge in [0.15, 0.2) is 0 Å². The molecule has 2 N–H and O–H groups in total. The quantitative estimate of drug-likeness (QED) is 0.294. The average molecular weight is 512 g/mol. The van der Waals surface area contributed by atoms with Crippen LogP contribution >= 0.6 is 11.8 Å². The minimum absolute atomic E-state index is 0.0618. The van der Waals surface area contributed by atoms with Crippen LogP contribution < -0.4 is 15.4 Å². The molecule has 1 fully saturated rings. The molecule has 3 aromatic rings. The van der Waals surface area contributed by atoms with Crippen molar-refractivity contribution >= 4 is 41.1 Å². The number of nitrogens with two attached hydrogens (primary N) is 1. The minimum atomic E-state index is -0.845. The molecule has 1 atom stereocenters. The van der Waals surface area contributed by atoms with Gasteiger partial charge in [-0.2, -0.15) is 10.5 Å². The summed E-state index contributed by atoms with van der Waals surface area (Å²) >= 11 is 0.970. The Hall–Kier alpha value is -4.67. The summed E-state index contributed by atoms with van der Waals surface area (Å²) in [5, 5.41) is 19.1. The highest BCUT2D eigenvalue weighted by molar-refractivity contribution is 8.00. The highest BCUT2D eigenvalue weighted by atomic mass is 32.2. The molecule has 0 aliphatic carbocycles. The summed E-state index contributed by atoms with van der Waals surface area (Å²) in [7, 11) is 0. The number of pyridine rings is 1. The van der Waals surface area contributed by atoms with Crippen molar-refractivity contribution in [1.29, 1.82) is 10.5 Å². The summed E-state index contributed by atoms with van der Waals surface area (Å²) in [5.41, 5.74) is 8.69. The van der Waals surface area contributed by atoms with E-state index in [4.69, 9.17) is 10.5 Å². The Morgan fingerprint density at radius 2 is 1.76 bits per heavy atom. The first-order valence-corrected chi connectivity index (χ1v) is 12.2. The van der Waals surface area contributed by atoms with Crippen LogP contribution in [0, 0.1) is 22.7 Å². The lowest BCUT2D eigenvalue weighted by atomic mass is 9.96. The van der Waals surface area contributed by atoms with Gasteiger partial charge in [-0.05, 0) is 41.8 Å². The van der Waals surface area contributed by atoms with Crippen LogP contribution in [0.4, 0.5) is 11.5 Å². The lowest BCUT2D eigenvalue weighted by molar-refractivity contribution is -0.132. The van der Waals surface area contributed by atoms with Crippen molar-refractivity contribution in [2.75, 3.05) is 10.6 Å². The van der Waals surface area contributed by atoms with Crippen LogP contribution in [0.2, 0.25) is 0 Å². The first-order valence-electron chi connectivity index (χ1n) is 11.3. The van der Waals surface area contributed by atoms with E-state index in [1.165, 1.54) is 31.2 Å². The van der Waals surface area contributed by atoms with Gasteiger partial charge in [-0.25, -0.2) is 9.88 Å². The van der Waals surface area contributed by atoms with Gasteiger partial charge in [0, 0.05) is 18.9 Å². The van der Waals surface area contributed by atoms with Gasteiger partial charge in [0.2, 0.25) is 11.8 Å². The molecule has 9 nitrogen and oxygen atoms in total. The average Bonchev–Trinajstić information content (AvgIpc) is 3.16. The van der Waals surface area contributed by atoms with Crippen molar-refractivity contribution in [3.05, 3.63) is 65.2 Å². The zero-order valence-corrected chi connectivity index (χ0v) is 20.8. The van der Waals surface area contributed by atoms with Crippen LogP contribution in [-0.4, -0.2) is 28.0 Å². The second-order valence-electron chi connectivity index (χ2n) is 8.17. The Balaban J connectivity index is 1.68. The van der Waals surface area contributed by atoms with E-state index >= 15 is 0 Å². The fraction of sp³-hybridized carbons (Fsp3) is 0.185. The van der Waals surface area contributed by atoms with Gasteiger partial charge >= 0.3 is 5.97 Å². The van der Waals surface area contributed by atoms with Crippen LogP contribution in [0.15, 0.2) is 53.6 Å². The van der Waals surface area contributed by atoms with Gasteiger partial charge in [-0.15, -0.1) is 0 Å². The lowest BCUT2D eigenvalue weighted by Crippen LogP contribution is -2.31. The van der Waals surface area contributed by atoms with Gasteiger partial charge in [0.1, 0.15) is 34.3 Å².